The number of pyridine rings is 2. The number of fused-ring (bicyclic) bond motifs is 2. The average molecular weight is 303 g/mol. The van der Waals surface area contributed by atoms with Crippen LogP contribution < -0.4 is 0 Å². The van der Waals surface area contributed by atoms with Gasteiger partial charge in [-0.3, -0.25) is 9.67 Å². The molecule has 6 heteroatoms. The second kappa shape index (κ2) is 4.74. The van der Waals surface area contributed by atoms with Gasteiger partial charge in [0.25, 0.3) is 0 Å². The van der Waals surface area contributed by atoms with Crippen LogP contribution in [-0.2, 0) is 13.0 Å². The number of nitrogens with zero attached hydrogens (tertiary/aromatic N) is 5. The molecule has 0 fully saturated rings. The maximum Gasteiger partial charge on any atom is 0.233 e. The van der Waals surface area contributed by atoms with Crippen molar-refractivity contribution in [3.05, 3.63) is 48.4 Å². The van der Waals surface area contributed by atoms with Crippen molar-refractivity contribution >= 4 is 11.2 Å². The molecule has 0 aliphatic carbocycles. The van der Waals surface area contributed by atoms with Crippen molar-refractivity contribution < 1.29 is 4.42 Å². The highest BCUT2D eigenvalue weighted by Crippen LogP contribution is 2.37. The number of hydrogen-bond donors (Lipinski definition) is 0. The molecule has 5 rings (SSSR count). The molecule has 0 radical (unpaired) electrons. The Morgan fingerprint density at radius 3 is 2.87 bits per heavy atom. The molecule has 23 heavy (non-hydrogen) atoms. The fraction of sp³-hybridized carbons (Fsp3) is 0.176. The maximum absolute atomic E-state index is 5.95. The van der Waals surface area contributed by atoms with Crippen LogP contribution in [0.15, 0.2) is 47.1 Å². The van der Waals surface area contributed by atoms with E-state index in [0.717, 1.165) is 42.0 Å². The zero-order valence-corrected chi connectivity index (χ0v) is 12.3. The van der Waals surface area contributed by atoms with Crippen LogP contribution in [0.25, 0.3) is 34.1 Å². The molecule has 1 aliphatic heterocycles. The van der Waals surface area contributed by atoms with Crippen LogP contribution in [0.5, 0.6) is 0 Å². The van der Waals surface area contributed by atoms with Crippen molar-refractivity contribution in [2.45, 2.75) is 19.4 Å². The van der Waals surface area contributed by atoms with E-state index < -0.39 is 0 Å². The van der Waals surface area contributed by atoms with E-state index in [1.165, 1.54) is 0 Å². The summed E-state index contributed by atoms with van der Waals surface area (Å²) in [5.74, 6) is 0.572. The van der Waals surface area contributed by atoms with Crippen LogP contribution in [0.3, 0.4) is 0 Å². The zero-order chi connectivity index (χ0) is 15.2. The summed E-state index contributed by atoms with van der Waals surface area (Å²) in [5.41, 5.74) is 5.07. The molecule has 1 aliphatic rings. The molecule has 0 bridgehead atoms. The Hall–Kier alpha value is -3.02. The van der Waals surface area contributed by atoms with Gasteiger partial charge in [-0.1, -0.05) is 6.07 Å². The van der Waals surface area contributed by atoms with Gasteiger partial charge >= 0.3 is 0 Å². The Labute approximate surface area is 131 Å². The lowest BCUT2D eigenvalue weighted by atomic mass is 10.1. The van der Waals surface area contributed by atoms with Crippen molar-refractivity contribution in [1.82, 2.24) is 24.7 Å². The molecule has 0 unspecified atom stereocenters. The minimum Gasteiger partial charge on any atom is -0.434 e. The van der Waals surface area contributed by atoms with Crippen LogP contribution in [0.1, 0.15) is 12.1 Å². The van der Waals surface area contributed by atoms with E-state index in [0.29, 0.717) is 17.1 Å². The number of aromatic nitrogens is 5. The molecule has 4 aromatic rings. The summed E-state index contributed by atoms with van der Waals surface area (Å²) in [7, 11) is 0. The number of aryl methyl sites for hydroxylation is 1. The van der Waals surface area contributed by atoms with Crippen LogP contribution in [0.4, 0.5) is 0 Å². The second-order valence-electron chi connectivity index (χ2n) is 5.56. The summed E-state index contributed by atoms with van der Waals surface area (Å²) in [6, 6.07) is 9.55. The Bertz CT molecular complexity index is 969. The van der Waals surface area contributed by atoms with Gasteiger partial charge in [0.05, 0.1) is 17.0 Å². The summed E-state index contributed by atoms with van der Waals surface area (Å²) < 4.78 is 7.99. The van der Waals surface area contributed by atoms with Crippen molar-refractivity contribution in [3.63, 3.8) is 0 Å². The largest absolute Gasteiger partial charge is 0.434 e. The molecule has 112 valence electrons. The Kier molecular flexibility index (Phi) is 2.58. The van der Waals surface area contributed by atoms with E-state index in [2.05, 4.69) is 15.0 Å². The summed E-state index contributed by atoms with van der Waals surface area (Å²) in [4.78, 5) is 13.3. The van der Waals surface area contributed by atoms with Crippen molar-refractivity contribution in [2.24, 2.45) is 0 Å². The first-order valence-electron chi connectivity index (χ1n) is 7.63. The minimum absolute atomic E-state index is 0.572. The summed E-state index contributed by atoms with van der Waals surface area (Å²) in [6.45, 7) is 0.924. The monoisotopic (exact) mass is 303 g/mol. The number of oxazole rings is 1. The van der Waals surface area contributed by atoms with Gasteiger partial charge in [-0.05, 0) is 37.1 Å². The van der Waals surface area contributed by atoms with Crippen LogP contribution in [-0.4, -0.2) is 24.7 Å². The first-order valence-corrected chi connectivity index (χ1v) is 7.63. The SMILES string of the molecule is c1ccc(-c2nn3c(c2-c2nc4ncccc4o2)CCC3)nc1. The molecule has 4 aromatic heterocycles. The Morgan fingerprint density at radius 1 is 1.04 bits per heavy atom. The third-order valence-corrected chi connectivity index (χ3v) is 4.13. The van der Waals surface area contributed by atoms with Crippen LogP contribution >= 0.6 is 0 Å². The molecular formula is C17H13N5O. The number of hydrogen-bond acceptors (Lipinski definition) is 5. The van der Waals surface area contributed by atoms with Gasteiger partial charge in [-0.15, -0.1) is 0 Å². The zero-order valence-electron chi connectivity index (χ0n) is 12.3. The topological polar surface area (TPSA) is 69.6 Å². The second-order valence-corrected chi connectivity index (χ2v) is 5.56. The molecule has 0 saturated carbocycles. The van der Waals surface area contributed by atoms with Crippen molar-refractivity contribution in [1.29, 1.82) is 0 Å². The summed E-state index contributed by atoms with van der Waals surface area (Å²) in [6.07, 6.45) is 5.56. The number of rotatable bonds is 2. The molecule has 0 spiro atoms. The molecule has 0 atom stereocenters. The molecule has 0 saturated heterocycles. The van der Waals surface area contributed by atoms with Gasteiger partial charge in [-0.2, -0.15) is 10.1 Å². The lowest BCUT2D eigenvalue weighted by molar-refractivity contribution is 0.619. The maximum atomic E-state index is 5.95. The lowest BCUT2D eigenvalue weighted by Crippen LogP contribution is -1.94. The Balaban J connectivity index is 1.78. The molecule has 5 heterocycles. The van der Waals surface area contributed by atoms with Crippen molar-refractivity contribution in [2.75, 3.05) is 0 Å². The highest BCUT2D eigenvalue weighted by atomic mass is 16.3. The summed E-state index contributed by atoms with van der Waals surface area (Å²) >= 11 is 0. The van der Waals surface area contributed by atoms with Gasteiger partial charge in [0.1, 0.15) is 5.69 Å². The average Bonchev–Trinajstić information content (AvgIpc) is 3.28. The first kappa shape index (κ1) is 12.5. The van der Waals surface area contributed by atoms with Gasteiger partial charge in [0.15, 0.2) is 11.2 Å². The fourth-order valence-corrected chi connectivity index (χ4v) is 3.11. The van der Waals surface area contributed by atoms with Gasteiger partial charge in [0, 0.05) is 18.9 Å². The predicted octanol–water partition coefficient (Wildman–Crippen LogP) is 3.09. The minimum atomic E-state index is 0.572. The van der Waals surface area contributed by atoms with E-state index >= 15 is 0 Å². The van der Waals surface area contributed by atoms with Crippen LogP contribution in [0, 0.1) is 0 Å². The lowest BCUT2D eigenvalue weighted by Gasteiger charge is -2.00. The fourth-order valence-electron chi connectivity index (χ4n) is 3.11. The quantitative estimate of drug-likeness (QED) is 0.569. The normalized spacial score (nSPS) is 13.6. The molecular weight excluding hydrogens is 290 g/mol. The van der Waals surface area contributed by atoms with Gasteiger partial charge in [-0.25, -0.2) is 4.98 Å². The van der Waals surface area contributed by atoms with E-state index in [1.807, 2.05) is 35.0 Å². The molecule has 0 N–H and O–H groups in total. The molecule has 0 aromatic carbocycles. The summed E-state index contributed by atoms with van der Waals surface area (Å²) in [5, 5.41) is 4.74. The standard InChI is InChI=1S/C17H13N5O/c1-2-8-18-11(5-1)15-14(12-6-4-10-22(12)21-15)17-20-16-13(23-17)7-3-9-19-16/h1-3,5,7-9H,4,6,10H2. The molecule has 0 amide bonds. The van der Waals surface area contributed by atoms with Crippen molar-refractivity contribution in [3.8, 4) is 22.8 Å². The van der Waals surface area contributed by atoms with Gasteiger partial charge < -0.3 is 4.42 Å². The van der Waals surface area contributed by atoms with E-state index in [-0.39, 0.29) is 0 Å². The smallest absolute Gasteiger partial charge is 0.233 e. The van der Waals surface area contributed by atoms with Crippen LogP contribution in [0.2, 0.25) is 0 Å². The van der Waals surface area contributed by atoms with Gasteiger partial charge in [0.2, 0.25) is 5.89 Å². The Morgan fingerprint density at radius 2 is 2.00 bits per heavy atom. The first-order chi connectivity index (χ1) is 11.4. The third kappa shape index (κ3) is 1.88. The van der Waals surface area contributed by atoms with E-state index in [9.17, 15) is 0 Å². The third-order valence-electron chi connectivity index (χ3n) is 4.13. The van der Waals surface area contributed by atoms with E-state index in [1.54, 1.807) is 12.4 Å². The predicted molar refractivity (Wildman–Crippen MR) is 84.6 cm³/mol. The highest BCUT2D eigenvalue weighted by Gasteiger charge is 2.27. The highest BCUT2D eigenvalue weighted by molar-refractivity contribution is 5.81. The van der Waals surface area contributed by atoms with E-state index in [4.69, 9.17) is 9.52 Å². The molecule has 6 nitrogen and oxygen atoms in total.